The Morgan fingerprint density at radius 3 is 2.67 bits per heavy atom. The van der Waals surface area contributed by atoms with E-state index < -0.39 is 5.54 Å². The third kappa shape index (κ3) is 2.86. The van der Waals surface area contributed by atoms with E-state index in [2.05, 4.69) is 15.1 Å². The summed E-state index contributed by atoms with van der Waals surface area (Å²) in [6.07, 6.45) is 0.562. The number of aryl methyl sites for hydroxylation is 1. The molecule has 21 heavy (non-hydrogen) atoms. The van der Waals surface area contributed by atoms with Gasteiger partial charge in [0.1, 0.15) is 10.5 Å². The molecule has 6 heteroatoms. The summed E-state index contributed by atoms with van der Waals surface area (Å²) in [6, 6.07) is 9.73. The second-order valence-electron chi connectivity index (χ2n) is 5.14. The van der Waals surface area contributed by atoms with Crippen LogP contribution in [0.25, 0.3) is 0 Å². The Kier molecular flexibility index (Phi) is 3.57. The van der Waals surface area contributed by atoms with Crippen molar-refractivity contribution in [3.05, 3.63) is 63.7 Å². The second-order valence-corrected chi connectivity index (χ2v) is 6.09. The third-order valence-corrected chi connectivity index (χ3v) is 4.23. The molecular weight excluding hydrogens is 284 g/mol. The molecular formula is C15H16N4OS. The van der Waals surface area contributed by atoms with Crippen LogP contribution in [0.5, 0.6) is 0 Å². The summed E-state index contributed by atoms with van der Waals surface area (Å²) in [5.41, 5.74) is 7.50. The molecule has 1 atom stereocenters. The van der Waals surface area contributed by atoms with Crippen LogP contribution in [0.1, 0.15) is 34.9 Å². The lowest BCUT2D eigenvalue weighted by molar-refractivity contribution is 0.323. The standard InChI is InChI=1S/C15H16N4OS/c1-10-9-21-13(17-10)8-12-18-14(20-19-12)15(2,16)11-6-4-3-5-7-11/h3-7,9H,8,16H2,1-2H3. The third-order valence-electron chi connectivity index (χ3n) is 3.26. The van der Waals surface area contributed by atoms with E-state index in [9.17, 15) is 0 Å². The largest absolute Gasteiger partial charge is 0.337 e. The Balaban J connectivity index is 1.84. The van der Waals surface area contributed by atoms with Gasteiger partial charge in [-0.2, -0.15) is 4.98 Å². The van der Waals surface area contributed by atoms with E-state index in [1.807, 2.05) is 49.6 Å². The number of thiazole rings is 1. The number of aromatic nitrogens is 3. The van der Waals surface area contributed by atoms with Gasteiger partial charge in [-0.15, -0.1) is 11.3 Å². The molecule has 3 aromatic rings. The predicted molar refractivity (Wildman–Crippen MR) is 81.0 cm³/mol. The fourth-order valence-electron chi connectivity index (χ4n) is 2.06. The zero-order valence-electron chi connectivity index (χ0n) is 11.9. The lowest BCUT2D eigenvalue weighted by atomic mass is 9.93. The van der Waals surface area contributed by atoms with Crippen LogP contribution in [0.2, 0.25) is 0 Å². The highest BCUT2D eigenvalue weighted by Crippen LogP contribution is 2.25. The van der Waals surface area contributed by atoms with E-state index in [0.29, 0.717) is 18.1 Å². The van der Waals surface area contributed by atoms with Gasteiger partial charge in [-0.25, -0.2) is 4.98 Å². The number of nitrogens with two attached hydrogens (primary N) is 1. The summed E-state index contributed by atoms with van der Waals surface area (Å²) in [7, 11) is 0. The minimum atomic E-state index is -0.800. The smallest absolute Gasteiger partial charge is 0.251 e. The molecule has 1 unspecified atom stereocenters. The number of hydrogen-bond acceptors (Lipinski definition) is 6. The van der Waals surface area contributed by atoms with E-state index in [1.165, 1.54) is 0 Å². The van der Waals surface area contributed by atoms with Crippen molar-refractivity contribution in [1.82, 2.24) is 15.1 Å². The molecule has 0 radical (unpaired) electrons. The molecule has 0 fully saturated rings. The summed E-state index contributed by atoms with van der Waals surface area (Å²) >= 11 is 1.59. The topological polar surface area (TPSA) is 77.8 Å². The lowest BCUT2D eigenvalue weighted by Crippen LogP contribution is -2.34. The number of nitrogens with zero attached hydrogens (tertiary/aromatic N) is 3. The zero-order chi connectivity index (χ0) is 14.9. The first kappa shape index (κ1) is 13.9. The van der Waals surface area contributed by atoms with Gasteiger partial charge in [0.25, 0.3) is 5.89 Å². The molecule has 2 aromatic heterocycles. The molecule has 2 heterocycles. The Morgan fingerprint density at radius 1 is 1.24 bits per heavy atom. The van der Waals surface area contributed by atoms with Crippen molar-refractivity contribution >= 4 is 11.3 Å². The van der Waals surface area contributed by atoms with Crippen LogP contribution in [-0.4, -0.2) is 15.1 Å². The number of benzene rings is 1. The van der Waals surface area contributed by atoms with Gasteiger partial charge in [-0.1, -0.05) is 35.5 Å². The number of rotatable bonds is 4. The van der Waals surface area contributed by atoms with Crippen LogP contribution in [-0.2, 0) is 12.0 Å². The van der Waals surface area contributed by atoms with Crippen molar-refractivity contribution in [1.29, 1.82) is 0 Å². The molecule has 0 spiro atoms. The van der Waals surface area contributed by atoms with Gasteiger partial charge >= 0.3 is 0 Å². The van der Waals surface area contributed by atoms with E-state index in [4.69, 9.17) is 10.3 Å². The molecule has 0 saturated carbocycles. The van der Waals surface area contributed by atoms with Crippen molar-refractivity contribution in [2.75, 3.05) is 0 Å². The molecule has 0 bridgehead atoms. The first-order valence-electron chi connectivity index (χ1n) is 6.64. The lowest BCUT2D eigenvalue weighted by Gasteiger charge is -2.20. The van der Waals surface area contributed by atoms with Crippen LogP contribution in [0, 0.1) is 6.92 Å². The van der Waals surface area contributed by atoms with Gasteiger partial charge in [0.05, 0.1) is 6.42 Å². The zero-order valence-corrected chi connectivity index (χ0v) is 12.7. The van der Waals surface area contributed by atoms with Gasteiger partial charge in [0, 0.05) is 11.1 Å². The van der Waals surface area contributed by atoms with Crippen molar-refractivity contribution in [3.8, 4) is 0 Å². The van der Waals surface area contributed by atoms with Crippen molar-refractivity contribution < 1.29 is 4.52 Å². The second kappa shape index (κ2) is 5.38. The number of hydrogen-bond donors (Lipinski definition) is 1. The van der Waals surface area contributed by atoms with Crippen molar-refractivity contribution in [3.63, 3.8) is 0 Å². The molecule has 2 N–H and O–H groups in total. The summed E-state index contributed by atoms with van der Waals surface area (Å²) in [5.74, 6) is 1.02. The molecule has 108 valence electrons. The van der Waals surface area contributed by atoms with Crippen molar-refractivity contribution in [2.45, 2.75) is 25.8 Å². The Hall–Kier alpha value is -2.05. The van der Waals surface area contributed by atoms with Gasteiger partial charge < -0.3 is 10.3 Å². The average molecular weight is 300 g/mol. The molecule has 0 saturated heterocycles. The molecule has 1 aromatic carbocycles. The molecule has 5 nitrogen and oxygen atoms in total. The van der Waals surface area contributed by atoms with Crippen LogP contribution < -0.4 is 5.73 Å². The maximum atomic E-state index is 6.36. The molecule has 0 aliphatic heterocycles. The monoisotopic (exact) mass is 300 g/mol. The van der Waals surface area contributed by atoms with Gasteiger partial charge in [-0.3, -0.25) is 0 Å². The SMILES string of the molecule is Cc1csc(Cc2noc(C(C)(N)c3ccccc3)n2)n1. The van der Waals surface area contributed by atoms with Crippen LogP contribution in [0.15, 0.2) is 40.2 Å². The summed E-state index contributed by atoms with van der Waals surface area (Å²) in [4.78, 5) is 8.83. The maximum Gasteiger partial charge on any atom is 0.251 e. The molecule has 3 rings (SSSR count). The summed E-state index contributed by atoms with van der Waals surface area (Å²) in [5, 5.41) is 6.99. The highest BCUT2D eigenvalue weighted by Gasteiger charge is 2.30. The quantitative estimate of drug-likeness (QED) is 0.801. The van der Waals surface area contributed by atoms with Crippen molar-refractivity contribution in [2.24, 2.45) is 5.73 Å². The minimum absolute atomic E-state index is 0.414. The molecule has 0 aliphatic carbocycles. The van der Waals surface area contributed by atoms with E-state index in [0.717, 1.165) is 16.3 Å². The average Bonchev–Trinajstić information content (AvgIpc) is 3.10. The first-order valence-corrected chi connectivity index (χ1v) is 7.52. The van der Waals surface area contributed by atoms with Crippen LogP contribution in [0.4, 0.5) is 0 Å². The van der Waals surface area contributed by atoms with Crippen LogP contribution >= 0.6 is 11.3 Å². The Morgan fingerprint density at radius 2 is 2.00 bits per heavy atom. The normalized spacial score (nSPS) is 14.0. The van der Waals surface area contributed by atoms with Gasteiger partial charge in [0.15, 0.2) is 5.82 Å². The predicted octanol–water partition coefficient (Wildman–Crippen LogP) is 2.65. The molecule has 0 aliphatic rings. The Bertz CT molecular complexity index is 733. The maximum absolute atomic E-state index is 6.36. The highest BCUT2D eigenvalue weighted by atomic mass is 32.1. The van der Waals surface area contributed by atoms with E-state index >= 15 is 0 Å². The fraction of sp³-hybridized carbons (Fsp3) is 0.267. The Labute approximate surface area is 126 Å². The van der Waals surface area contributed by atoms with E-state index in [1.54, 1.807) is 11.3 Å². The summed E-state index contributed by atoms with van der Waals surface area (Å²) < 4.78 is 5.35. The highest BCUT2D eigenvalue weighted by molar-refractivity contribution is 7.09. The van der Waals surface area contributed by atoms with Crippen LogP contribution in [0.3, 0.4) is 0 Å². The van der Waals surface area contributed by atoms with Gasteiger partial charge in [-0.05, 0) is 19.4 Å². The minimum Gasteiger partial charge on any atom is -0.337 e. The van der Waals surface area contributed by atoms with E-state index in [-0.39, 0.29) is 0 Å². The fourth-order valence-corrected chi connectivity index (χ4v) is 2.83. The molecule has 0 amide bonds. The first-order chi connectivity index (χ1) is 10.1. The van der Waals surface area contributed by atoms with Gasteiger partial charge in [0.2, 0.25) is 0 Å². The summed E-state index contributed by atoms with van der Waals surface area (Å²) in [6.45, 7) is 3.83.